The molecule has 0 saturated heterocycles. The Morgan fingerprint density at radius 3 is 1.66 bits per heavy atom. The third-order valence-electron chi connectivity index (χ3n) is 9.88. The standard InChI is InChI=1S/C45H32N2/c1-45(2)39-23-13-22-36(42(39)38-25-24-29-14-9-10-19-32(29)43(38)45)35-26-27-37(34-21-12-11-20-33(34)35)44-46-40(30-15-5-3-6-16-30)28-41(47-44)31-17-7-4-8-18-31/h3-28H,1-2H3. The highest BCUT2D eigenvalue weighted by atomic mass is 14.9. The van der Waals surface area contributed by atoms with Crippen molar-refractivity contribution in [1.29, 1.82) is 0 Å². The number of hydrogen-bond donors (Lipinski definition) is 0. The molecular weight excluding hydrogens is 569 g/mol. The molecule has 0 radical (unpaired) electrons. The highest BCUT2D eigenvalue weighted by Crippen LogP contribution is 2.55. The molecular formula is C45H32N2. The smallest absolute Gasteiger partial charge is 0.161 e. The van der Waals surface area contributed by atoms with Crippen LogP contribution in [0.3, 0.4) is 0 Å². The van der Waals surface area contributed by atoms with Crippen molar-refractivity contribution in [3.8, 4) is 56.2 Å². The summed E-state index contributed by atoms with van der Waals surface area (Å²) in [6.07, 6.45) is 0. The van der Waals surface area contributed by atoms with Gasteiger partial charge < -0.3 is 0 Å². The van der Waals surface area contributed by atoms with Gasteiger partial charge in [-0.1, -0.05) is 159 Å². The average molecular weight is 601 g/mol. The van der Waals surface area contributed by atoms with E-state index in [2.05, 4.69) is 159 Å². The molecule has 7 aromatic carbocycles. The largest absolute Gasteiger partial charge is 0.228 e. The van der Waals surface area contributed by atoms with Crippen molar-refractivity contribution >= 4 is 21.5 Å². The van der Waals surface area contributed by atoms with Crippen LogP contribution in [0.5, 0.6) is 0 Å². The van der Waals surface area contributed by atoms with Crippen molar-refractivity contribution in [1.82, 2.24) is 9.97 Å². The Balaban J connectivity index is 1.27. The maximum Gasteiger partial charge on any atom is 0.161 e. The van der Waals surface area contributed by atoms with Gasteiger partial charge in [-0.2, -0.15) is 0 Å². The monoisotopic (exact) mass is 600 g/mol. The van der Waals surface area contributed by atoms with Gasteiger partial charge in [0.05, 0.1) is 11.4 Å². The van der Waals surface area contributed by atoms with Gasteiger partial charge in [-0.15, -0.1) is 0 Å². The SMILES string of the molecule is CC1(C)c2cccc(-c3ccc(-c4nc(-c5ccccc5)cc(-c5ccccc5)n4)c4ccccc34)c2-c2ccc3ccccc3c21. The van der Waals surface area contributed by atoms with E-state index >= 15 is 0 Å². The lowest BCUT2D eigenvalue weighted by atomic mass is 9.80. The van der Waals surface area contributed by atoms with Crippen molar-refractivity contribution in [2.24, 2.45) is 0 Å². The van der Waals surface area contributed by atoms with E-state index < -0.39 is 0 Å². The minimum absolute atomic E-state index is 0.114. The molecule has 0 bridgehead atoms. The predicted molar refractivity (Wildman–Crippen MR) is 196 cm³/mol. The molecule has 2 nitrogen and oxygen atoms in total. The molecule has 9 rings (SSSR count). The summed E-state index contributed by atoms with van der Waals surface area (Å²) in [5.41, 5.74) is 12.8. The second-order valence-corrected chi connectivity index (χ2v) is 13.0. The van der Waals surface area contributed by atoms with Crippen molar-refractivity contribution in [3.05, 3.63) is 169 Å². The Kier molecular flexibility index (Phi) is 6.20. The number of nitrogens with zero attached hydrogens (tertiary/aromatic N) is 2. The molecule has 1 aliphatic carbocycles. The van der Waals surface area contributed by atoms with Gasteiger partial charge in [0.2, 0.25) is 0 Å². The van der Waals surface area contributed by atoms with E-state index in [0.717, 1.165) is 39.3 Å². The van der Waals surface area contributed by atoms with Crippen LogP contribution >= 0.6 is 0 Å². The van der Waals surface area contributed by atoms with E-state index in [-0.39, 0.29) is 5.41 Å². The molecule has 8 aromatic rings. The van der Waals surface area contributed by atoms with Crippen LogP contribution in [-0.4, -0.2) is 9.97 Å². The molecule has 0 saturated carbocycles. The Bertz CT molecular complexity index is 2420. The van der Waals surface area contributed by atoms with Gasteiger partial charge in [-0.05, 0) is 67.1 Å². The van der Waals surface area contributed by atoms with E-state index in [1.54, 1.807) is 0 Å². The van der Waals surface area contributed by atoms with Crippen molar-refractivity contribution < 1.29 is 0 Å². The fourth-order valence-electron chi connectivity index (χ4n) is 7.69. The summed E-state index contributed by atoms with van der Waals surface area (Å²) in [5, 5.41) is 4.96. The molecule has 0 amide bonds. The van der Waals surface area contributed by atoms with Crippen LogP contribution in [0, 0.1) is 0 Å². The molecule has 1 heterocycles. The quantitative estimate of drug-likeness (QED) is 0.201. The number of rotatable bonds is 4. The summed E-state index contributed by atoms with van der Waals surface area (Å²) in [6, 6.07) is 56.3. The number of aromatic nitrogens is 2. The van der Waals surface area contributed by atoms with Gasteiger partial charge in [0, 0.05) is 22.1 Å². The molecule has 0 atom stereocenters. The van der Waals surface area contributed by atoms with E-state index in [9.17, 15) is 0 Å². The lowest BCUT2D eigenvalue weighted by molar-refractivity contribution is 0.666. The molecule has 0 aliphatic heterocycles. The highest BCUT2D eigenvalue weighted by molar-refractivity contribution is 6.09. The molecule has 1 aliphatic rings. The Labute approximate surface area is 275 Å². The number of hydrogen-bond acceptors (Lipinski definition) is 2. The van der Waals surface area contributed by atoms with Crippen LogP contribution in [-0.2, 0) is 5.41 Å². The van der Waals surface area contributed by atoms with Crippen molar-refractivity contribution in [2.45, 2.75) is 19.3 Å². The molecule has 1 aromatic heterocycles. The second kappa shape index (κ2) is 10.6. The van der Waals surface area contributed by atoms with Crippen LogP contribution in [0.4, 0.5) is 0 Å². The molecule has 0 N–H and O–H groups in total. The Morgan fingerprint density at radius 2 is 0.979 bits per heavy atom. The average Bonchev–Trinajstić information content (AvgIpc) is 3.38. The highest BCUT2D eigenvalue weighted by Gasteiger charge is 2.38. The normalized spacial score (nSPS) is 13.1. The van der Waals surface area contributed by atoms with Crippen LogP contribution in [0.15, 0.2) is 158 Å². The van der Waals surface area contributed by atoms with Crippen molar-refractivity contribution in [3.63, 3.8) is 0 Å². The first-order valence-corrected chi connectivity index (χ1v) is 16.3. The van der Waals surface area contributed by atoms with E-state index in [1.165, 1.54) is 49.5 Å². The first-order valence-electron chi connectivity index (χ1n) is 16.3. The first-order chi connectivity index (χ1) is 23.1. The summed E-state index contributed by atoms with van der Waals surface area (Å²) in [4.78, 5) is 10.4. The summed E-state index contributed by atoms with van der Waals surface area (Å²) in [5.74, 6) is 0.726. The van der Waals surface area contributed by atoms with E-state index in [0.29, 0.717) is 0 Å². The van der Waals surface area contributed by atoms with E-state index in [1.807, 2.05) is 12.1 Å². The molecule has 47 heavy (non-hydrogen) atoms. The lowest BCUT2D eigenvalue weighted by Gasteiger charge is -2.23. The summed E-state index contributed by atoms with van der Waals surface area (Å²) >= 11 is 0. The van der Waals surface area contributed by atoms with Gasteiger partial charge in [0.1, 0.15) is 0 Å². The predicted octanol–water partition coefficient (Wildman–Crippen LogP) is 11.8. The fraction of sp³-hybridized carbons (Fsp3) is 0.0667. The van der Waals surface area contributed by atoms with Crippen LogP contribution in [0.25, 0.3) is 77.7 Å². The molecule has 2 heteroatoms. The maximum atomic E-state index is 5.18. The molecule has 0 fully saturated rings. The fourth-order valence-corrected chi connectivity index (χ4v) is 7.69. The molecule has 0 unspecified atom stereocenters. The topological polar surface area (TPSA) is 25.8 Å². The van der Waals surface area contributed by atoms with Crippen LogP contribution < -0.4 is 0 Å². The Morgan fingerprint density at radius 1 is 0.426 bits per heavy atom. The third kappa shape index (κ3) is 4.33. The third-order valence-corrected chi connectivity index (χ3v) is 9.88. The first kappa shape index (κ1) is 27.5. The van der Waals surface area contributed by atoms with Crippen molar-refractivity contribution in [2.75, 3.05) is 0 Å². The zero-order chi connectivity index (χ0) is 31.5. The van der Waals surface area contributed by atoms with Gasteiger partial charge in [-0.25, -0.2) is 9.97 Å². The summed E-state index contributed by atoms with van der Waals surface area (Å²) < 4.78 is 0. The molecule has 222 valence electrons. The zero-order valence-corrected chi connectivity index (χ0v) is 26.4. The van der Waals surface area contributed by atoms with Crippen LogP contribution in [0.2, 0.25) is 0 Å². The number of fused-ring (bicyclic) bond motifs is 6. The van der Waals surface area contributed by atoms with E-state index in [4.69, 9.17) is 9.97 Å². The Hall–Kier alpha value is -5.86. The van der Waals surface area contributed by atoms with Gasteiger partial charge in [-0.3, -0.25) is 0 Å². The van der Waals surface area contributed by atoms with Gasteiger partial charge in [0.25, 0.3) is 0 Å². The molecule has 0 spiro atoms. The lowest BCUT2D eigenvalue weighted by Crippen LogP contribution is -2.15. The van der Waals surface area contributed by atoms with Crippen LogP contribution in [0.1, 0.15) is 25.0 Å². The minimum atomic E-state index is -0.114. The van der Waals surface area contributed by atoms with Gasteiger partial charge >= 0.3 is 0 Å². The second-order valence-electron chi connectivity index (χ2n) is 13.0. The summed E-state index contributed by atoms with van der Waals surface area (Å²) in [7, 11) is 0. The minimum Gasteiger partial charge on any atom is -0.228 e. The number of benzene rings is 7. The zero-order valence-electron chi connectivity index (χ0n) is 26.4. The summed E-state index contributed by atoms with van der Waals surface area (Å²) in [6.45, 7) is 4.74. The maximum absolute atomic E-state index is 5.18. The van der Waals surface area contributed by atoms with Gasteiger partial charge in [0.15, 0.2) is 5.82 Å².